The molecule has 0 aromatic heterocycles. The fourth-order valence-electron chi connectivity index (χ4n) is 7.32. The Bertz CT molecular complexity index is 467. The Balaban J connectivity index is 1.37. The Morgan fingerprint density at radius 1 is 0.880 bits per heavy atom. The van der Waals surface area contributed by atoms with Gasteiger partial charge in [-0.05, 0) is 74.5 Å². The molecule has 5 aliphatic carbocycles. The van der Waals surface area contributed by atoms with E-state index >= 15 is 0 Å². The van der Waals surface area contributed by atoms with Crippen molar-refractivity contribution >= 4 is 5.84 Å². The molecule has 140 valence electrons. The Morgan fingerprint density at radius 3 is 2.08 bits per heavy atom. The maximum atomic E-state index is 5.64. The lowest BCUT2D eigenvalue weighted by atomic mass is 9.48. The zero-order valence-corrected chi connectivity index (χ0v) is 15.9. The average Bonchev–Trinajstić information content (AvgIpc) is 2.61. The first kappa shape index (κ1) is 16.6. The first-order valence-corrected chi connectivity index (χ1v) is 11.2. The zero-order valence-electron chi connectivity index (χ0n) is 15.9. The van der Waals surface area contributed by atoms with Gasteiger partial charge < -0.3 is 9.64 Å². The highest BCUT2D eigenvalue weighted by molar-refractivity contribution is 5.83. The molecule has 4 bridgehead atoms. The van der Waals surface area contributed by atoms with E-state index in [1.54, 1.807) is 19.3 Å². The summed E-state index contributed by atoms with van der Waals surface area (Å²) < 4.78 is 5.64. The maximum Gasteiger partial charge on any atom is 0.0999 e. The van der Waals surface area contributed by atoms with Gasteiger partial charge in [0.25, 0.3) is 0 Å². The Labute approximate surface area is 153 Å². The monoisotopic (exact) mass is 344 g/mol. The molecule has 6 rings (SSSR count). The normalized spacial score (nSPS) is 42.2. The molecule has 0 aromatic rings. The van der Waals surface area contributed by atoms with E-state index in [1.807, 2.05) is 0 Å². The van der Waals surface area contributed by atoms with E-state index in [1.165, 1.54) is 63.6 Å². The van der Waals surface area contributed by atoms with Crippen molar-refractivity contribution in [1.29, 1.82) is 0 Å². The van der Waals surface area contributed by atoms with Gasteiger partial charge in [0.2, 0.25) is 0 Å². The number of hydrogen-bond donors (Lipinski definition) is 0. The minimum Gasteiger partial charge on any atom is -0.378 e. The number of hydrogen-bond acceptors (Lipinski definition) is 2. The van der Waals surface area contributed by atoms with Crippen LogP contribution in [0.25, 0.3) is 0 Å². The molecule has 0 radical (unpaired) electrons. The quantitative estimate of drug-likeness (QED) is 0.549. The third kappa shape index (κ3) is 3.50. The van der Waals surface area contributed by atoms with Crippen molar-refractivity contribution in [3.8, 4) is 0 Å². The highest BCUT2D eigenvalue weighted by Crippen LogP contribution is 2.61. The lowest BCUT2D eigenvalue weighted by Crippen LogP contribution is -2.50. The molecule has 0 unspecified atom stereocenters. The second-order valence-corrected chi connectivity index (χ2v) is 10.0. The van der Waals surface area contributed by atoms with Crippen LogP contribution in [0.1, 0.15) is 77.0 Å². The summed E-state index contributed by atoms with van der Waals surface area (Å²) >= 11 is 0. The van der Waals surface area contributed by atoms with Crippen molar-refractivity contribution in [2.45, 2.75) is 83.1 Å². The molecular formula is C22H36N2O. The van der Waals surface area contributed by atoms with Crippen LogP contribution in [0, 0.1) is 23.2 Å². The van der Waals surface area contributed by atoms with Crippen molar-refractivity contribution in [3.63, 3.8) is 0 Å². The van der Waals surface area contributed by atoms with Crippen LogP contribution in [-0.2, 0) is 4.74 Å². The minimum atomic E-state index is 0.612. The van der Waals surface area contributed by atoms with Gasteiger partial charge in [-0.2, -0.15) is 0 Å². The van der Waals surface area contributed by atoms with Crippen molar-refractivity contribution in [2.75, 3.05) is 26.3 Å². The van der Waals surface area contributed by atoms with Crippen LogP contribution in [-0.4, -0.2) is 43.1 Å². The lowest BCUT2D eigenvalue weighted by Gasteiger charge is -2.57. The number of morpholine rings is 1. The second-order valence-electron chi connectivity index (χ2n) is 10.0. The van der Waals surface area contributed by atoms with Crippen molar-refractivity contribution < 1.29 is 4.74 Å². The highest BCUT2D eigenvalue weighted by Gasteiger charge is 2.51. The first-order valence-electron chi connectivity index (χ1n) is 11.2. The molecule has 6 aliphatic rings. The predicted octanol–water partition coefficient (Wildman–Crippen LogP) is 4.66. The molecular weight excluding hydrogens is 308 g/mol. The second kappa shape index (κ2) is 6.87. The molecule has 3 nitrogen and oxygen atoms in total. The van der Waals surface area contributed by atoms with Crippen molar-refractivity contribution in [3.05, 3.63) is 0 Å². The number of aliphatic imine (C=N–C) groups is 1. The van der Waals surface area contributed by atoms with Gasteiger partial charge in [0, 0.05) is 19.5 Å². The van der Waals surface area contributed by atoms with Crippen LogP contribution in [0.5, 0.6) is 0 Å². The summed E-state index contributed by atoms with van der Waals surface area (Å²) in [5, 5.41) is 0. The molecule has 1 aliphatic heterocycles. The number of ether oxygens (including phenoxy) is 1. The highest BCUT2D eigenvalue weighted by atomic mass is 16.5. The van der Waals surface area contributed by atoms with Gasteiger partial charge in [-0.25, -0.2) is 0 Å². The fraction of sp³-hybridized carbons (Fsp3) is 0.955. The van der Waals surface area contributed by atoms with E-state index in [9.17, 15) is 0 Å². The molecule has 3 heteroatoms. The smallest absolute Gasteiger partial charge is 0.0999 e. The molecule has 25 heavy (non-hydrogen) atoms. The molecule has 0 spiro atoms. The van der Waals surface area contributed by atoms with Crippen molar-refractivity contribution in [1.82, 2.24) is 4.90 Å². The summed E-state index contributed by atoms with van der Waals surface area (Å²) in [5.41, 5.74) is 0.612. The van der Waals surface area contributed by atoms with Gasteiger partial charge in [0.1, 0.15) is 0 Å². The van der Waals surface area contributed by atoms with Gasteiger partial charge in [-0.3, -0.25) is 4.99 Å². The van der Waals surface area contributed by atoms with Gasteiger partial charge in [0.15, 0.2) is 0 Å². The molecule has 0 aromatic carbocycles. The topological polar surface area (TPSA) is 24.8 Å². The summed E-state index contributed by atoms with van der Waals surface area (Å²) in [6, 6.07) is 0.612. The van der Waals surface area contributed by atoms with E-state index in [2.05, 4.69) is 4.90 Å². The largest absolute Gasteiger partial charge is 0.378 e. The van der Waals surface area contributed by atoms with Crippen LogP contribution in [0.3, 0.4) is 0 Å². The van der Waals surface area contributed by atoms with E-state index in [4.69, 9.17) is 9.73 Å². The van der Waals surface area contributed by atoms with Crippen LogP contribution < -0.4 is 0 Å². The molecule has 1 saturated heterocycles. The number of rotatable bonds is 3. The van der Waals surface area contributed by atoms with Gasteiger partial charge in [0.05, 0.1) is 25.1 Å². The Kier molecular flexibility index (Phi) is 4.56. The molecule has 6 fully saturated rings. The molecule has 0 N–H and O–H groups in total. The van der Waals surface area contributed by atoms with Crippen LogP contribution in [0.15, 0.2) is 4.99 Å². The molecule has 1 heterocycles. The third-order valence-corrected chi connectivity index (χ3v) is 7.98. The first-order chi connectivity index (χ1) is 12.3. The summed E-state index contributed by atoms with van der Waals surface area (Å²) in [5.74, 6) is 4.63. The zero-order chi connectivity index (χ0) is 16.7. The van der Waals surface area contributed by atoms with Crippen molar-refractivity contribution in [2.24, 2.45) is 28.2 Å². The molecule has 5 saturated carbocycles. The average molecular weight is 345 g/mol. The Morgan fingerprint density at radius 2 is 1.48 bits per heavy atom. The number of nitrogens with zero attached hydrogens (tertiary/aromatic N) is 2. The molecule has 0 amide bonds. The SMILES string of the molecule is C1CCC(N=C(CC23CC4CC(CC(C4)C2)C3)N2CCOCC2)CC1. The fourth-order valence-corrected chi connectivity index (χ4v) is 7.32. The summed E-state index contributed by atoms with van der Waals surface area (Å²) in [6.07, 6.45) is 17.3. The Hall–Kier alpha value is -0.570. The van der Waals surface area contributed by atoms with Gasteiger partial charge >= 0.3 is 0 Å². The van der Waals surface area contributed by atoms with E-state index < -0.39 is 0 Å². The minimum absolute atomic E-state index is 0.612. The van der Waals surface area contributed by atoms with Gasteiger partial charge in [-0.1, -0.05) is 19.3 Å². The van der Waals surface area contributed by atoms with Crippen LogP contribution in [0.4, 0.5) is 0 Å². The van der Waals surface area contributed by atoms with E-state index in [-0.39, 0.29) is 0 Å². The van der Waals surface area contributed by atoms with E-state index in [0.717, 1.165) is 44.1 Å². The summed E-state index contributed by atoms with van der Waals surface area (Å²) in [4.78, 5) is 8.03. The van der Waals surface area contributed by atoms with E-state index in [0.29, 0.717) is 11.5 Å². The maximum absolute atomic E-state index is 5.64. The third-order valence-electron chi connectivity index (χ3n) is 7.98. The number of amidine groups is 1. The summed E-state index contributed by atoms with van der Waals surface area (Å²) in [7, 11) is 0. The summed E-state index contributed by atoms with van der Waals surface area (Å²) in [6.45, 7) is 3.92. The standard InChI is InChI=1S/C22H36N2O/c1-2-4-20(5-3-1)23-21(24-6-8-25-9-7-24)16-22-13-17-10-18(14-22)12-19(11-17)15-22/h17-20H,1-16H2. The van der Waals surface area contributed by atoms with Crippen LogP contribution in [0.2, 0.25) is 0 Å². The van der Waals surface area contributed by atoms with Crippen LogP contribution >= 0.6 is 0 Å². The van der Waals surface area contributed by atoms with Gasteiger partial charge in [-0.15, -0.1) is 0 Å². The lowest BCUT2D eigenvalue weighted by molar-refractivity contribution is -0.0502. The predicted molar refractivity (Wildman–Crippen MR) is 102 cm³/mol. The molecule has 0 atom stereocenters.